The van der Waals surface area contributed by atoms with Gasteiger partial charge in [0.05, 0.1) is 5.69 Å². The predicted octanol–water partition coefficient (Wildman–Crippen LogP) is 17.3. The highest BCUT2D eigenvalue weighted by Crippen LogP contribution is 2.47. The van der Waals surface area contributed by atoms with Gasteiger partial charge in [-0.2, -0.15) is 0 Å². The van der Waals surface area contributed by atoms with Crippen molar-refractivity contribution in [2.24, 2.45) is 0 Å². The molecule has 1 nitrogen and oxygen atoms in total. The number of nitrogens with zero attached hydrogens (tertiary/aromatic N) is 1. The third-order valence-electron chi connectivity index (χ3n) is 12.2. The van der Waals surface area contributed by atoms with E-state index >= 15 is 0 Å². The molecule has 0 radical (unpaired) electrons. The highest BCUT2D eigenvalue weighted by molar-refractivity contribution is 7.20. The van der Waals surface area contributed by atoms with Gasteiger partial charge in [0.15, 0.2) is 0 Å². The molecule has 294 valence electrons. The summed E-state index contributed by atoms with van der Waals surface area (Å²) in [5, 5.41) is 1.35. The van der Waals surface area contributed by atoms with Crippen molar-refractivity contribution in [3.8, 4) is 66.8 Å². The van der Waals surface area contributed by atoms with Gasteiger partial charge < -0.3 is 4.90 Å². The van der Waals surface area contributed by atoms with Crippen LogP contribution >= 0.6 is 11.3 Å². The van der Waals surface area contributed by atoms with Gasteiger partial charge in [0.1, 0.15) is 0 Å². The highest BCUT2D eigenvalue weighted by atomic mass is 32.1. The SMILES string of the molecule is C1=Cc2c(sc3c(-c4ccc(-c5ccccc5)cc4)c(-c4ccc(N(c5ccc(-c6ccc(-c7ccccc7)cc6)cc5)c5ccccc5-c5ccccc5)cc4)ccc23)CC1. The average Bonchev–Trinajstić information content (AvgIpc) is 3.74. The summed E-state index contributed by atoms with van der Waals surface area (Å²) >= 11 is 1.97. The third kappa shape index (κ3) is 7.15. The van der Waals surface area contributed by atoms with E-state index in [1.807, 2.05) is 11.3 Å². The molecule has 0 atom stereocenters. The fraction of sp³-hybridized carbons (Fsp3) is 0.0333. The minimum absolute atomic E-state index is 1.10. The molecule has 9 aromatic carbocycles. The quantitative estimate of drug-likeness (QED) is 0.140. The maximum Gasteiger partial charge on any atom is 0.0540 e. The molecule has 0 spiro atoms. The van der Waals surface area contributed by atoms with Crippen molar-refractivity contribution in [1.29, 1.82) is 0 Å². The number of anilines is 3. The summed E-state index contributed by atoms with van der Waals surface area (Å²) in [5.74, 6) is 0. The number of para-hydroxylation sites is 1. The molecule has 2 heteroatoms. The lowest BCUT2D eigenvalue weighted by Gasteiger charge is -2.28. The Morgan fingerprint density at radius 2 is 0.790 bits per heavy atom. The van der Waals surface area contributed by atoms with Gasteiger partial charge in [-0.25, -0.2) is 0 Å². The second-order valence-corrected chi connectivity index (χ2v) is 17.0. The first-order valence-corrected chi connectivity index (χ1v) is 22.3. The molecule has 0 saturated carbocycles. The monoisotopic (exact) mass is 809 g/mol. The molecule has 0 aliphatic heterocycles. The molecule has 1 aliphatic carbocycles. The standard InChI is InChI=1S/C60H43NS/c1-4-14-42(15-5-1)44-24-26-46(27-25-44)47-32-36-51(37-33-47)61(57-22-12-10-20-53(57)48-18-8-3-9-19-48)52-38-34-49(35-39-52)54-40-41-56-55-21-11-13-23-58(55)62-60(56)59(54)50-30-28-45(29-31-50)43-16-6-2-7-17-43/h1-12,14-22,24-41H,13,23H2. The van der Waals surface area contributed by atoms with E-state index in [1.54, 1.807) is 0 Å². The van der Waals surface area contributed by atoms with E-state index in [0.717, 1.165) is 29.9 Å². The molecular weight excluding hydrogens is 767 g/mol. The lowest BCUT2D eigenvalue weighted by molar-refractivity contribution is 1.02. The first-order chi connectivity index (χ1) is 30.7. The van der Waals surface area contributed by atoms with Gasteiger partial charge in [0.2, 0.25) is 0 Å². The second-order valence-electron chi connectivity index (χ2n) is 15.9. The van der Waals surface area contributed by atoms with Gasteiger partial charge in [-0.05, 0) is 104 Å². The summed E-state index contributed by atoms with van der Waals surface area (Å²) in [6.45, 7) is 0. The van der Waals surface area contributed by atoms with E-state index in [2.05, 4.69) is 242 Å². The minimum atomic E-state index is 1.10. The van der Waals surface area contributed by atoms with Crippen LogP contribution in [0.4, 0.5) is 17.1 Å². The smallest absolute Gasteiger partial charge is 0.0540 e. The number of thiophene rings is 1. The Bertz CT molecular complexity index is 3160. The summed E-state index contributed by atoms with van der Waals surface area (Å²) < 4.78 is 1.36. The van der Waals surface area contributed by atoms with Crippen LogP contribution in [0.15, 0.2) is 231 Å². The van der Waals surface area contributed by atoms with Gasteiger partial charge in [-0.1, -0.05) is 206 Å². The Kier molecular flexibility index (Phi) is 9.97. The predicted molar refractivity (Wildman–Crippen MR) is 266 cm³/mol. The van der Waals surface area contributed by atoms with Crippen molar-refractivity contribution >= 4 is 44.6 Å². The van der Waals surface area contributed by atoms with Crippen molar-refractivity contribution in [2.75, 3.05) is 4.90 Å². The van der Waals surface area contributed by atoms with E-state index < -0.39 is 0 Å². The summed E-state index contributed by atoms with van der Waals surface area (Å²) in [6.07, 6.45) is 6.87. The van der Waals surface area contributed by atoms with Gasteiger partial charge in [0.25, 0.3) is 0 Å². The number of aryl methyl sites for hydroxylation is 1. The average molecular weight is 810 g/mol. The topological polar surface area (TPSA) is 3.24 Å². The molecule has 0 N–H and O–H groups in total. The van der Waals surface area contributed by atoms with Crippen molar-refractivity contribution in [3.63, 3.8) is 0 Å². The molecule has 62 heavy (non-hydrogen) atoms. The van der Waals surface area contributed by atoms with Crippen LogP contribution < -0.4 is 4.90 Å². The van der Waals surface area contributed by atoms with Crippen LogP contribution in [-0.2, 0) is 6.42 Å². The first-order valence-electron chi connectivity index (χ1n) is 21.5. The molecule has 10 aromatic rings. The van der Waals surface area contributed by atoms with Crippen LogP contribution in [0.5, 0.6) is 0 Å². The Morgan fingerprint density at radius 1 is 0.355 bits per heavy atom. The van der Waals surface area contributed by atoms with Crippen LogP contribution in [0.25, 0.3) is 82.9 Å². The number of hydrogen-bond donors (Lipinski definition) is 0. The molecule has 0 saturated heterocycles. The van der Waals surface area contributed by atoms with Gasteiger partial charge in [-0.15, -0.1) is 11.3 Å². The lowest BCUT2D eigenvalue weighted by Crippen LogP contribution is -2.11. The molecule has 0 fully saturated rings. The van der Waals surface area contributed by atoms with Crippen molar-refractivity contribution in [3.05, 3.63) is 241 Å². The largest absolute Gasteiger partial charge is 0.310 e. The third-order valence-corrected chi connectivity index (χ3v) is 13.5. The van der Waals surface area contributed by atoms with E-state index in [4.69, 9.17) is 0 Å². The summed E-state index contributed by atoms with van der Waals surface area (Å²) in [7, 11) is 0. The zero-order valence-electron chi connectivity index (χ0n) is 34.3. The van der Waals surface area contributed by atoms with E-state index in [-0.39, 0.29) is 0 Å². The molecule has 1 aliphatic rings. The summed E-state index contributed by atoms with van der Waals surface area (Å²) in [6, 6.07) is 81.7. The fourth-order valence-electron chi connectivity index (χ4n) is 9.04. The molecule has 1 aromatic heterocycles. The molecule has 0 bridgehead atoms. The van der Waals surface area contributed by atoms with E-state index in [9.17, 15) is 0 Å². The maximum absolute atomic E-state index is 2.40. The molecular formula is C60H43NS. The number of allylic oxidation sites excluding steroid dienone is 1. The van der Waals surface area contributed by atoms with Crippen LogP contribution in [-0.4, -0.2) is 0 Å². The van der Waals surface area contributed by atoms with Crippen molar-refractivity contribution in [1.82, 2.24) is 0 Å². The Hall–Kier alpha value is -7.52. The number of fused-ring (bicyclic) bond motifs is 3. The van der Waals surface area contributed by atoms with Crippen LogP contribution in [0.1, 0.15) is 16.9 Å². The maximum atomic E-state index is 2.40. The van der Waals surface area contributed by atoms with E-state index in [0.29, 0.717) is 0 Å². The van der Waals surface area contributed by atoms with Gasteiger partial charge >= 0.3 is 0 Å². The zero-order valence-corrected chi connectivity index (χ0v) is 35.1. The first kappa shape index (κ1) is 37.5. The van der Waals surface area contributed by atoms with Crippen molar-refractivity contribution < 1.29 is 0 Å². The normalized spacial score (nSPS) is 12.0. The number of hydrogen-bond acceptors (Lipinski definition) is 2. The number of rotatable bonds is 9. The minimum Gasteiger partial charge on any atom is -0.310 e. The fourth-order valence-corrected chi connectivity index (χ4v) is 10.4. The number of benzene rings is 9. The Morgan fingerprint density at radius 3 is 1.35 bits per heavy atom. The highest BCUT2D eigenvalue weighted by Gasteiger charge is 2.21. The van der Waals surface area contributed by atoms with Crippen LogP contribution in [0.3, 0.4) is 0 Å². The van der Waals surface area contributed by atoms with Gasteiger partial charge in [0, 0.05) is 37.5 Å². The van der Waals surface area contributed by atoms with Crippen LogP contribution in [0.2, 0.25) is 0 Å². The van der Waals surface area contributed by atoms with Crippen LogP contribution in [0, 0.1) is 0 Å². The summed E-state index contributed by atoms with van der Waals surface area (Å²) in [4.78, 5) is 3.89. The zero-order chi connectivity index (χ0) is 41.2. The Labute approximate surface area is 368 Å². The molecule has 1 heterocycles. The second kappa shape index (κ2) is 16.5. The van der Waals surface area contributed by atoms with Gasteiger partial charge in [-0.3, -0.25) is 0 Å². The lowest BCUT2D eigenvalue weighted by atomic mass is 9.90. The summed E-state index contributed by atoms with van der Waals surface area (Å²) in [5.41, 5.74) is 19.4. The van der Waals surface area contributed by atoms with E-state index in [1.165, 1.54) is 87.3 Å². The molecule has 11 rings (SSSR count). The molecule has 0 amide bonds. The van der Waals surface area contributed by atoms with Crippen molar-refractivity contribution in [2.45, 2.75) is 12.8 Å². The molecule has 0 unspecified atom stereocenters. The Balaban J connectivity index is 1.00.